The standard InChI is InChI=1S/C20H27N3O2/c1-16-5-4-6-17(13-16)23-11-9-22(10-12-23)14-18(24)15-25-20-8-3-2-7-19(20)21/h2-8,13,18,24H,9-12,14-15,21H2,1H3. The fourth-order valence-corrected chi connectivity index (χ4v) is 3.16. The Labute approximate surface area is 149 Å². The van der Waals surface area contributed by atoms with Crippen LogP contribution in [0.25, 0.3) is 0 Å². The van der Waals surface area contributed by atoms with Gasteiger partial charge in [0.2, 0.25) is 0 Å². The summed E-state index contributed by atoms with van der Waals surface area (Å²) >= 11 is 0. The normalized spacial score (nSPS) is 16.6. The highest BCUT2D eigenvalue weighted by molar-refractivity contribution is 5.51. The number of ether oxygens (including phenoxy) is 1. The van der Waals surface area contributed by atoms with Crippen molar-refractivity contribution in [2.75, 3.05) is 50.0 Å². The minimum absolute atomic E-state index is 0.256. The van der Waals surface area contributed by atoms with E-state index < -0.39 is 6.10 Å². The third-order valence-electron chi connectivity index (χ3n) is 4.56. The Balaban J connectivity index is 1.43. The molecule has 1 unspecified atom stereocenters. The van der Waals surface area contributed by atoms with Crippen LogP contribution < -0.4 is 15.4 Å². The number of aryl methyl sites for hydroxylation is 1. The zero-order valence-corrected chi connectivity index (χ0v) is 14.8. The van der Waals surface area contributed by atoms with Crippen molar-refractivity contribution in [1.29, 1.82) is 0 Å². The summed E-state index contributed by atoms with van der Waals surface area (Å²) < 4.78 is 5.63. The first-order valence-corrected chi connectivity index (χ1v) is 8.81. The Morgan fingerprint density at radius 1 is 1.08 bits per heavy atom. The van der Waals surface area contributed by atoms with Crippen molar-refractivity contribution in [3.05, 3.63) is 54.1 Å². The number of nitrogens with two attached hydrogens (primary N) is 1. The quantitative estimate of drug-likeness (QED) is 0.788. The molecule has 3 rings (SSSR count). The molecule has 0 saturated carbocycles. The molecule has 5 heteroatoms. The van der Waals surface area contributed by atoms with Gasteiger partial charge in [-0.2, -0.15) is 0 Å². The number of anilines is 2. The molecule has 3 N–H and O–H groups in total. The van der Waals surface area contributed by atoms with Crippen LogP contribution in [0.2, 0.25) is 0 Å². The van der Waals surface area contributed by atoms with Gasteiger partial charge in [-0.1, -0.05) is 24.3 Å². The summed E-state index contributed by atoms with van der Waals surface area (Å²) in [6.07, 6.45) is -0.523. The molecule has 1 heterocycles. The summed E-state index contributed by atoms with van der Waals surface area (Å²) in [5, 5.41) is 10.3. The highest BCUT2D eigenvalue weighted by atomic mass is 16.5. The Hall–Kier alpha value is -2.24. The lowest BCUT2D eigenvalue weighted by atomic mass is 10.2. The van der Waals surface area contributed by atoms with Crippen LogP contribution in [0, 0.1) is 6.92 Å². The van der Waals surface area contributed by atoms with E-state index in [1.54, 1.807) is 6.07 Å². The number of aliphatic hydroxyl groups is 1. The largest absolute Gasteiger partial charge is 0.489 e. The van der Waals surface area contributed by atoms with Crippen LogP contribution in [0.3, 0.4) is 0 Å². The molecule has 0 aromatic heterocycles. The summed E-state index contributed by atoms with van der Waals surface area (Å²) in [7, 11) is 0. The van der Waals surface area contributed by atoms with E-state index in [1.807, 2.05) is 18.2 Å². The SMILES string of the molecule is Cc1cccc(N2CCN(CC(O)COc3ccccc3N)CC2)c1. The Bertz CT molecular complexity index is 684. The molecule has 0 bridgehead atoms. The van der Waals surface area contributed by atoms with E-state index >= 15 is 0 Å². The number of nitrogens with zero attached hydrogens (tertiary/aromatic N) is 2. The topological polar surface area (TPSA) is 62.0 Å². The number of aliphatic hydroxyl groups excluding tert-OH is 1. The van der Waals surface area contributed by atoms with Gasteiger partial charge >= 0.3 is 0 Å². The number of hydrogen-bond acceptors (Lipinski definition) is 5. The van der Waals surface area contributed by atoms with E-state index in [-0.39, 0.29) is 6.61 Å². The molecule has 1 fully saturated rings. The van der Waals surface area contributed by atoms with Gasteiger partial charge in [-0.15, -0.1) is 0 Å². The fraction of sp³-hybridized carbons (Fsp3) is 0.400. The molecule has 1 aliphatic rings. The lowest BCUT2D eigenvalue weighted by molar-refractivity contribution is 0.0666. The van der Waals surface area contributed by atoms with Gasteiger partial charge in [-0.25, -0.2) is 0 Å². The van der Waals surface area contributed by atoms with Crippen molar-refractivity contribution >= 4 is 11.4 Å². The number of piperazine rings is 1. The summed E-state index contributed by atoms with van der Waals surface area (Å²) in [6, 6.07) is 16.0. The van der Waals surface area contributed by atoms with Gasteiger partial charge < -0.3 is 20.5 Å². The van der Waals surface area contributed by atoms with Crippen LogP contribution in [0.15, 0.2) is 48.5 Å². The summed E-state index contributed by atoms with van der Waals surface area (Å²) in [6.45, 7) is 6.83. The lowest BCUT2D eigenvalue weighted by Gasteiger charge is -2.37. The third kappa shape index (κ3) is 4.87. The highest BCUT2D eigenvalue weighted by Crippen LogP contribution is 2.20. The molecule has 2 aromatic rings. The molecule has 134 valence electrons. The van der Waals surface area contributed by atoms with Crippen molar-refractivity contribution in [1.82, 2.24) is 4.90 Å². The Morgan fingerprint density at radius 3 is 2.56 bits per heavy atom. The zero-order valence-electron chi connectivity index (χ0n) is 14.8. The molecule has 0 spiro atoms. The van der Waals surface area contributed by atoms with Crippen LogP contribution in [0.1, 0.15) is 5.56 Å². The van der Waals surface area contributed by atoms with Gasteiger partial charge in [-0.05, 0) is 36.8 Å². The number of hydrogen-bond donors (Lipinski definition) is 2. The zero-order chi connectivity index (χ0) is 17.6. The van der Waals surface area contributed by atoms with Crippen LogP contribution in [0.4, 0.5) is 11.4 Å². The molecule has 5 nitrogen and oxygen atoms in total. The van der Waals surface area contributed by atoms with E-state index in [0.717, 1.165) is 26.2 Å². The van der Waals surface area contributed by atoms with Crippen molar-refractivity contribution in [2.45, 2.75) is 13.0 Å². The molecule has 0 amide bonds. The molecular weight excluding hydrogens is 314 g/mol. The molecule has 0 radical (unpaired) electrons. The van der Waals surface area contributed by atoms with Crippen LogP contribution in [0.5, 0.6) is 5.75 Å². The number of rotatable bonds is 6. The van der Waals surface area contributed by atoms with Gasteiger partial charge in [-0.3, -0.25) is 4.90 Å². The second-order valence-electron chi connectivity index (χ2n) is 6.63. The van der Waals surface area contributed by atoms with Crippen molar-refractivity contribution in [2.24, 2.45) is 0 Å². The minimum Gasteiger partial charge on any atom is -0.489 e. The molecule has 0 aliphatic carbocycles. The molecule has 2 aromatic carbocycles. The second-order valence-corrected chi connectivity index (χ2v) is 6.63. The first kappa shape index (κ1) is 17.6. The van der Waals surface area contributed by atoms with Gasteiger partial charge in [0.05, 0.1) is 5.69 Å². The van der Waals surface area contributed by atoms with Gasteiger partial charge in [0.15, 0.2) is 0 Å². The van der Waals surface area contributed by atoms with Crippen molar-refractivity contribution in [3.8, 4) is 5.75 Å². The molecule has 1 atom stereocenters. The Morgan fingerprint density at radius 2 is 1.84 bits per heavy atom. The van der Waals surface area contributed by atoms with Crippen molar-refractivity contribution in [3.63, 3.8) is 0 Å². The summed E-state index contributed by atoms with van der Waals surface area (Å²) in [5.41, 5.74) is 9.01. The van der Waals surface area contributed by atoms with E-state index in [1.165, 1.54) is 11.3 Å². The van der Waals surface area contributed by atoms with Crippen LogP contribution in [-0.2, 0) is 0 Å². The molecular formula is C20H27N3O2. The predicted octanol–water partition coefficient (Wildman–Crippen LogP) is 2.14. The average molecular weight is 341 g/mol. The van der Waals surface area contributed by atoms with E-state index in [4.69, 9.17) is 10.5 Å². The van der Waals surface area contributed by atoms with E-state index in [0.29, 0.717) is 18.0 Å². The smallest absolute Gasteiger partial charge is 0.142 e. The first-order chi connectivity index (χ1) is 12.1. The summed E-state index contributed by atoms with van der Waals surface area (Å²) in [5.74, 6) is 0.630. The van der Waals surface area contributed by atoms with Gasteiger partial charge in [0.25, 0.3) is 0 Å². The maximum atomic E-state index is 10.3. The van der Waals surface area contributed by atoms with Crippen LogP contribution >= 0.6 is 0 Å². The molecule has 1 saturated heterocycles. The van der Waals surface area contributed by atoms with Gasteiger partial charge in [0, 0.05) is 38.4 Å². The van der Waals surface area contributed by atoms with Crippen molar-refractivity contribution < 1.29 is 9.84 Å². The van der Waals surface area contributed by atoms with E-state index in [2.05, 4.69) is 41.0 Å². The highest BCUT2D eigenvalue weighted by Gasteiger charge is 2.20. The average Bonchev–Trinajstić information content (AvgIpc) is 2.62. The maximum Gasteiger partial charge on any atom is 0.142 e. The first-order valence-electron chi connectivity index (χ1n) is 8.81. The number of β-amino-alcohol motifs (C(OH)–C–C–N with tert-alkyl or cyclic N) is 1. The number of benzene rings is 2. The summed E-state index contributed by atoms with van der Waals surface area (Å²) in [4.78, 5) is 4.69. The number of para-hydroxylation sites is 2. The monoisotopic (exact) mass is 341 g/mol. The van der Waals surface area contributed by atoms with Gasteiger partial charge in [0.1, 0.15) is 18.5 Å². The minimum atomic E-state index is -0.523. The lowest BCUT2D eigenvalue weighted by Crippen LogP contribution is -2.49. The Kier molecular flexibility index (Phi) is 5.79. The third-order valence-corrected chi connectivity index (χ3v) is 4.56. The number of nitrogen functional groups attached to an aromatic ring is 1. The predicted molar refractivity (Wildman–Crippen MR) is 102 cm³/mol. The maximum absolute atomic E-state index is 10.3. The molecule has 1 aliphatic heterocycles. The fourth-order valence-electron chi connectivity index (χ4n) is 3.16. The molecule has 25 heavy (non-hydrogen) atoms. The van der Waals surface area contributed by atoms with Crippen LogP contribution in [-0.4, -0.2) is 55.4 Å². The second kappa shape index (κ2) is 8.23. The van der Waals surface area contributed by atoms with E-state index in [9.17, 15) is 5.11 Å².